The molecule has 3 N–H and O–H groups in total. The molecule has 0 fully saturated rings. The highest BCUT2D eigenvalue weighted by molar-refractivity contribution is 5.94. The summed E-state index contributed by atoms with van der Waals surface area (Å²) in [5.74, 6) is -1.71. The fourth-order valence-corrected chi connectivity index (χ4v) is 3.09. The number of benzene rings is 1. The molecule has 33 heavy (non-hydrogen) atoms. The van der Waals surface area contributed by atoms with E-state index < -0.39 is 41.1 Å². The van der Waals surface area contributed by atoms with Gasteiger partial charge < -0.3 is 20.5 Å². The summed E-state index contributed by atoms with van der Waals surface area (Å²) in [6, 6.07) is 6.12. The summed E-state index contributed by atoms with van der Waals surface area (Å²) >= 11 is 0. The van der Waals surface area contributed by atoms with Crippen molar-refractivity contribution in [1.82, 2.24) is 15.5 Å². The molecule has 0 aliphatic rings. The summed E-state index contributed by atoms with van der Waals surface area (Å²) in [5, 5.41) is 15.9. The van der Waals surface area contributed by atoms with Gasteiger partial charge in [-0.1, -0.05) is 44.9 Å². The molecule has 0 radical (unpaired) electrons. The van der Waals surface area contributed by atoms with Crippen molar-refractivity contribution in [2.24, 2.45) is 5.92 Å². The van der Waals surface area contributed by atoms with Crippen molar-refractivity contribution in [2.75, 3.05) is 0 Å². The van der Waals surface area contributed by atoms with Gasteiger partial charge in [0, 0.05) is 17.1 Å². The number of carbonyl (C=O) groups excluding carboxylic acids is 3. The van der Waals surface area contributed by atoms with Gasteiger partial charge >= 0.3 is 6.09 Å². The van der Waals surface area contributed by atoms with E-state index in [4.69, 9.17) is 11.2 Å². The predicted octanol–water partition coefficient (Wildman–Crippen LogP) is 3.71. The van der Waals surface area contributed by atoms with E-state index in [-0.39, 0.29) is 17.2 Å². The molecule has 1 aromatic carbocycles. The molecule has 3 unspecified atom stereocenters. The second-order valence-electron chi connectivity index (χ2n) is 10.0. The van der Waals surface area contributed by atoms with Gasteiger partial charge in [0.2, 0.25) is 5.91 Å². The lowest BCUT2D eigenvalue weighted by atomic mass is 9.95. The van der Waals surface area contributed by atoms with Crippen molar-refractivity contribution in [3.8, 4) is 18.2 Å². The van der Waals surface area contributed by atoms with E-state index in [0.29, 0.717) is 6.42 Å². The van der Waals surface area contributed by atoms with Crippen molar-refractivity contribution in [3.63, 3.8) is 0 Å². The first-order valence-corrected chi connectivity index (χ1v) is 11.0. The molecule has 3 atom stereocenters. The maximum atomic E-state index is 13.6. The minimum absolute atomic E-state index is 0.172. The molecule has 0 heterocycles. The summed E-state index contributed by atoms with van der Waals surface area (Å²) in [5.41, 5.74) is -1.21. The molecule has 0 saturated heterocycles. The summed E-state index contributed by atoms with van der Waals surface area (Å²) in [7, 11) is 0. The SMILES string of the molecule is C#CN(C(=O)C(NC(=O)OC(C)(C)C)C(C)CC)C(C(=O)NC(C)(C)C)c1ccccc1O. The highest BCUT2D eigenvalue weighted by Gasteiger charge is 2.39. The molecule has 0 aliphatic carbocycles. The fraction of sp³-hybridized carbons (Fsp3) is 0.560. The van der Waals surface area contributed by atoms with E-state index in [9.17, 15) is 19.5 Å². The van der Waals surface area contributed by atoms with Crippen LogP contribution in [0.25, 0.3) is 0 Å². The molecule has 182 valence electrons. The fourth-order valence-electron chi connectivity index (χ4n) is 3.09. The number of aromatic hydroxyl groups is 1. The average molecular weight is 460 g/mol. The number of phenolic OH excluding ortho intramolecular Hbond substituents is 1. The monoisotopic (exact) mass is 459 g/mol. The van der Waals surface area contributed by atoms with Crippen LogP contribution in [-0.4, -0.2) is 45.1 Å². The van der Waals surface area contributed by atoms with Gasteiger partial charge in [-0.2, -0.15) is 0 Å². The molecule has 1 rings (SSSR count). The number of rotatable bonds is 7. The zero-order valence-electron chi connectivity index (χ0n) is 20.9. The third-order valence-electron chi connectivity index (χ3n) is 4.76. The number of terminal acetylenes is 1. The van der Waals surface area contributed by atoms with Gasteiger partial charge in [-0.05, 0) is 53.5 Å². The van der Waals surface area contributed by atoms with E-state index in [0.717, 1.165) is 4.90 Å². The topological polar surface area (TPSA) is 108 Å². The number of hydrogen-bond acceptors (Lipinski definition) is 5. The van der Waals surface area contributed by atoms with Crippen LogP contribution in [0.5, 0.6) is 5.75 Å². The van der Waals surface area contributed by atoms with Crippen molar-refractivity contribution < 1.29 is 24.2 Å². The van der Waals surface area contributed by atoms with Crippen molar-refractivity contribution in [3.05, 3.63) is 29.8 Å². The van der Waals surface area contributed by atoms with Gasteiger partial charge in [0.05, 0.1) is 0 Å². The Balaban J connectivity index is 3.45. The van der Waals surface area contributed by atoms with Gasteiger partial charge in [0.15, 0.2) is 6.04 Å². The first kappa shape index (κ1) is 27.8. The molecule has 0 spiro atoms. The van der Waals surface area contributed by atoms with Gasteiger partial charge in [-0.15, -0.1) is 0 Å². The second-order valence-corrected chi connectivity index (χ2v) is 10.0. The van der Waals surface area contributed by atoms with Gasteiger partial charge in [-0.3, -0.25) is 14.5 Å². The third-order valence-corrected chi connectivity index (χ3v) is 4.76. The normalized spacial score (nSPS) is 14.3. The zero-order valence-corrected chi connectivity index (χ0v) is 20.9. The van der Waals surface area contributed by atoms with Crippen molar-refractivity contribution in [2.45, 2.75) is 85.0 Å². The smallest absolute Gasteiger partial charge is 0.408 e. The molecule has 0 bridgehead atoms. The number of hydrogen-bond donors (Lipinski definition) is 3. The summed E-state index contributed by atoms with van der Waals surface area (Å²) in [4.78, 5) is 40.3. The van der Waals surface area contributed by atoms with Crippen molar-refractivity contribution in [1.29, 1.82) is 0 Å². The van der Waals surface area contributed by atoms with Crippen LogP contribution >= 0.6 is 0 Å². The number of nitrogens with zero attached hydrogens (tertiary/aromatic N) is 1. The molecule has 8 heteroatoms. The lowest BCUT2D eigenvalue weighted by Gasteiger charge is -2.34. The molecule has 8 nitrogen and oxygen atoms in total. The van der Waals surface area contributed by atoms with E-state index in [1.807, 2.05) is 6.92 Å². The van der Waals surface area contributed by atoms with Crippen LogP contribution in [0.3, 0.4) is 0 Å². The third kappa shape index (κ3) is 8.33. The lowest BCUT2D eigenvalue weighted by molar-refractivity contribution is -0.140. The van der Waals surface area contributed by atoms with Crippen LogP contribution < -0.4 is 10.6 Å². The number of amides is 3. The standard InChI is InChI=1S/C25H37N3O5/c1-10-16(3)19(26-23(32)33-25(7,8)9)22(31)28(11-2)20(21(30)27-24(4,5)6)17-14-12-13-15-18(17)29/h2,12-16,19-20,29H,10H2,1,3-9H3,(H,26,32)(H,27,30). The largest absolute Gasteiger partial charge is 0.508 e. The Morgan fingerprint density at radius 2 is 1.73 bits per heavy atom. The number of carbonyl (C=O) groups is 3. The maximum absolute atomic E-state index is 13.6. The van der Waals surface area contributed by atoms with E-state index >= 15 is 0 Å². The van der Waals surface area contributed by atoms with Crippen LogP contribution in [0.2, 0.25) is 0 Å². The Kier molecular flexibility index (Phi) is 9.34. The molecular weight excluding hydrogens is 422 g/mol. The molecular formula is C25H37N3O5. The lowest BCUT2D eigenvalue weighted by Crippen LogP contribution is -2.55. The van der Waals surface area contributed by atoms with Crippen LogP contribution in [-0.2, 0) is 14.3 Å². The van der Waals surface area contributed by atoms with Crippen LogP contribution in [0.1, 0.15) is 73.4 Å². The molecule has 0 aromatic heterocycles. The maximum Gasteiger partial charge on any atom is 0.408 e. The Morgan fingerprint density at radius 1 is 1.15 bits per heavy atom. The summed E-state index contributed by atoms with van der Waals surface area (Å²) in [6.45, 7) is 14.2. The number of ether oxygens (including phenoxy) is 1. The number of alkyl carbamates (subject to hydrolysis) is 1. The second kappa shape index (κ2) is 11.1. The van der Waals surface area contributed by atoms with Gasteiger partial charge in [-0.25, -0.2) is 4.79 Å². The number of para-hydroxylation sites is 1. The van der Waals surface area contributed by atoms with E-state index in [2.05, 4.69) is 16.7 Å². The van der Waals surface area contributed by atoms with E-state index in [1.165, 1.54) is 12.1 Å². The molecule has 0 saturated carbocycles. The van der Waals surface area contributed by atoms with Crippen LogP contribution in [0.15, 0.2) is 24.3 Å². The molecule has 3 amide bonds. The predicted molar refractivity (Wildman–Crippen MR) is 127 cm³/mol. The van der Waals surface area contributed by atoms with Crippen LogP contribution in [0.4, 0.5) is 4.79 Å². The Morgan fingerprint density at radius 3 is 2.18 bits per heavy atom. The van der Waals surface area contributed by atoms with Crippen LogP contribution in [0, 0.1) is 18.4 Å². The summed E-state index contributed by atoms with van der Waals surface area (Å²) < 4.78 is 5.31. The first-order valence-electron chi connectivity index (χ1n) is 11.0. The zero-order chi connectivity index (χ0) is 25.6. The van der Waals surface area contributed by atoms with Crippen molar-refractivity contribution >= 4 is 17.9 Å². The Hall–Kier alpha value is -3.21. The molecule has 1 aromatic rings. The molecule has 0 aliphatic heterocycles. The number of nitrogens with one attached hydrogen (secondary N) is 2. The quantitative estimate of drug-likeness (QED) is 0.426. The minimum Gasteiger partial charge on any atom is -0.508 e. The van der Waals surface area contributed by atoms with Gasteiger partial charge in [0.25, 0.3) is 5.91 Å². The van der Waals surface area contributed by atoms with Gasteiger partial charge in [0.1, 0.15) is 17.4 Å². The average Bonchev–Trinajstić information content (AvgIpc) is 2.67. The first-order chi connectivity index (χ1) is 15.1. The Bertz CT molecular complexity index is 893. The summed E-state index contributed by atoms with van der Waals surface area (Å²) in [6.07, 6.45) is 5.51. The van der Waals surface area contributed by atoms with E-state index in [1.54, 1.807) is 60.6 Å². The highest BCUT2D eigenvalue weighted by Crippen LogP contribution is 2.30. The number of phenols is 1. The minimum atomic E-state index is -1.31. The highest BCUT2D eigenvalue weighted by atomic mass is 16.6. The Labute approximate surface area is 197 Å².